The minimum atomic E-state index is 0.731. The van der Waals surface area contributed by atoms with Crippen molar-refractivity contribution in [1.29, 1.82) is 0 Å². The van der Waals surface area contributed by atoms with Crippen molar-refractivity contribution >= 4 is 17.2 Å². The van der Waals surface area contributed by atoms with Gasteiger partial charge in [0.25, 0.3) is 0 Å². The second kappa shape index (κ2) is 10.6. The maximum absolute atomic E-state index is 6.16. The number of methoxy groups -OCH3 is 1. The fraction of sp³-hybridized carbons (Fsp3) is 0.379. The summed E-state index contributed by atoms with van der Waals surface area (Å²) in [5, 5.41) is 5.60. The van der Waals surface area contributed by atoms with E-state index in [2.05, 4.69) is 22.7 Å². The largest absolute Gasteiger partial charge is 0.497 e. The van der Waals surface area contributed by atoms with Crippen LogP contribution in [0.4, 0.5) is 0 Å². The van der Waals surface area contributed by atoms with Gasteiger partial charge in [0.15, 0.2) is 5.65 Å². The van der Waals surface area contributed by atoms with Crippen LogP contribution in [-0.2, 0) is 12.8 Å². The van der Waals surface area contributed by atoms with E-state index in [0.717, 1.165) is 51.6 Å². The first-order chi connectivity index (χ1) is 16.7. The van der Waals surface area contributed by atoms with Crippen LogP contribution in [0.2, 0.25) is 5.02 Å². The quantitative estimate of drug-likeness (QED) is 0.303. The van der Waals surface area contributed by atoms with Crippen molar-refractivity contribution in [2.75, 3.05) is 7.11 Å². The molecule has 176 valence electrons. The lowest BCUT2D eigenvalue weighted by atomic mass is 9.94. The molecular weight excluding hydrogens is 442 g/mol. The van der Waals surface area contributed by atoms with Crippen LogP contribution in [-0.4, -0.2) is 21.7 Å². The summed E-state index contributed by atoms with van der Waals surface area (Å²) >= 11 is 6.16. The molecule has 0 radical (unpaired) electrons. The van der Waals surface area contributed by atoms with Gasteiger partial charge in [0.05, 0.1) is 19.0 Å². The lowest BCUT2D eigenvalue weighted by Gasteiger charge is -2.18. The van der Waals surface area contributed by atoms with Gasteiger partial charge >= 0.3 is 0 Å². The smallest absolute Gasteiger partial charge is 0.163 e. The number of aryl methyl sites for hydroxylation is 1. The van der Waals surface area contributed by atoms with E-state index >= 15 is 0 Å². The van der Waals surface area contributed by atoms with Gasteiger partial charge in [-0.1, -0.05) is 74.4 Å². The molecule has 2 heterocycles. The molecule has 0 bridgehead atoms. The predicted octanol–water partition coefficient (Wildman–Crippen LogP) is 7.94. The molecule has 0 fully saturated rings. The highest BCUT2D eigenvalue weighted by Gasteiger charge is 2.20. The number of hydrogen-bond donors (Lipinski definition) is 0. The highest BCUT2D eigenvalue weighted by molar-refractivity contribution is 6.30. The molecule has 0 atom stereocenters. The molecule has 4 aromatic rings. The topological polar surface area (TPSA) is 39.4 Å². The molecule has 0 aliphatic heterocycles. The van der Waals surface area contributed by atoms with Crippen LogP contribution < -0.4 is 4.74 Å². The van der Waals surface area contributed by atoms with Gasteiger partial charge in [0.2, 0.25) is 0 Å². The fourth-order valence-corrected chi connectivity index (χ4v) is 5.23. The Morgan fingerprint density at radius 2 is 1.53 bits per heavy atom. The maximum Gasteiger partial charge on any atom is 0.163 e. The molecule has 0 unspecified atom stereocenters. The van der Waals surface area contributed by atoms with Crippen molar-refractivity contribution in [3.05, 3.63) is 71.0 Å². The van der Waals surface area contributed by atoms with Crippen molar-refractivity contribution in [2.24, 2.45) is 0 Å². The van der Waals surface area contributed by atoms with E-state index in [1.165, 1.54) is 62.6 Å². The van der Waals surface area contributed by atoms with Crippen molar-refractivity contribution in [3.63, 3.8) is 0 Å². The second-order valence-electron chi connectivity index (χ2n) is 9.25. The number of fused-ring (bicyclic) bond motifs is 3. The molecule has 0 amide bonds. The van der Waals surface area contributed by atoms with Gasteiger partial charge in [0.1, 0.15) is 5.75 Å². The summed E-state index contributed by atoms with van der Waals surface area (Å²) in [4.78, 5) is 5.27. The van der Waals surface area contributed by atoms with E-state index in [-0.39, 0.29) is 0 Å². The number of ether oxygens (including phenoxy) is 1. The van der Waals surface area contributed by atoms with E-state index in [0.29, 0.717) is 0 Å². The van der Waals surface area contributed by atoms with Crippen LogP contribution in [0.25, 0.3) is 28.0 Å². The monoisotopic (exact) mass is 473 g/mol. The number of hydrogen-bond acceptors (Lipinski definition) is 3. The Morgan fingerprint density at radius 1 is 0.824 bits per heavy atom. The van der Waals surface area contributed by atoms with Crippen LogP contribution in [0.1, 0.15) is 62.6 Å². The summed E-state index contributed by atoms with van der Waals surface area (Å²) in [6.07, 6.45) is 14.3. The van der Waals surface area contributed by atoms with E-state index in [1.54, 1.807) is 7.11 Å². The zero-order chi connectivity index (χ0) is 23.3. The third-order valence-electron chi connectivity index (χ3n) is 6.94. The molecule has 0 spiro atoms. The van der Waals surface area contributed by atoms with Gasteiger partial charge in [-0.15, -0.1) is 0 Å². The molecular formula is C29H32ClN3O. The average Bonchev–Trinajstić information content (AvgIpc) is 3.28. The van der Waals surface area contributed by atoms with E-state index in [4.69, 9.17) is 26.4 Å². The lowest BCUT2D eigenvalue weighted by molar-refractivity contribution is 0.415. The molecule has 2 aromatic heterocycles. The molecule has 5 heteroatoms. The Kier molecular flexibility index (Phi) is 7.15. The normalized spacial score (nSPS) is 15.4. The highest BCUT2D eigenvalue weighted by Crippen LogP contribution is 2.34. The first-order valence-electron chi connectivity index (χ1n) is 12.5. The second-order valence-corrected chi connectivity index (χ2v) is 9.68. The van der Waals surface area contributed by atoms with E-state index in [9.17, 15) is 0 Å². The molecule has 1 aliphatic rings. The van der Waals surface area contributed by atoms with Crippen molar-refractivity contribution in [2.45, 2.75) is 64.2 Å². The summed E-state index contributed by atoms with van der Waals surface area (Å²) in [5.41, 5.74) is 7.84. The van der Waals surface area contributed by atoms with Crippen molar-refractivity contribution in [1.82, 2.24) is 14.6 Å². The molecule has 2 aromatic carbocycles. The number of halogens is 1. The molecule has 1 aliphatic carbocycles. The Labute approximate surface area is 206 Å². The first kappa shape index (κ1) is 22.9. The Balaban J connectivity index is 1.71. The van der Waals surface area contributed by atoms with Crippen molar-refractivity contribution < 1.29 is 4.74 Å². The summed E-state index contributed by atoms with van der Waals surface area (Å²) in [7, 11) is 1.72. The molecule has 0 N–H and O–H groups in total. The first-order valence-corrected chi connectivity index (χ1v) is 12.9. The third-order valence-corrected chi connectivity index (χ3v) is 7.19. The standard InChI is InChI=1S/C29H32ClN3O/c1-34-24-12-10-11-22(19-24)28-25-13-8-6-4-2-3-5-7-9-14-27(25)33-29(32-28)26(20-31-33)21-15-17-23(30)18-16-21/h10-12,15-20H,2-9,13-14H2,1H3. The zero-order valence-electron chi connectivity index (χ0n) is 19.9. The van der Waals surface area contributed by atoms with Gasteiger partial charge in [-0.25, -0.2) is 9.50 Å². The third kappa shape index (κ3) is 4.83. The predicted molar refractivity (Wildman–Crippen MR) is 140 cm³/mol. The molecule has 5 rings (SSSR count). The summed E-state index contributed by atoms with van der Waals surface area (Å²) in [6, 6.07) is 16.3. The van der Waals surface area contributed by atoms with Crippen LogP contribution in [0, 0.1) is 0 Å². The van der Waals surface area contributed by atoms with Gasteiger partial charge in [-0.3, -0.25) is 0 Å². The van der Waals surface area contributed by atoms with Crippen LogP contribution in [0.5, 0.6) is 5.75 Å². The van der Waals surface area contributed by atoms with Crippen LogP contribution in [0.15, 0.2) is 54.7 Å². The van der Waals surface area contributed by atoms with Crippen LogP contribution >= 0.6 is 11.6 Å². The Hall–Kier alpha value is -2.85. The number of benzene rings is 2. The number of aromatic nitrogens is 3. The Morgan fingerprint density at radius 3 is 2.26 bits per heavy atom. The summed E-state index contributed by atoms with van der Waals surface area (Å²) in [5.74, 6) is 0.854. The van der Waals surface area contributed by atoms with Crippen molar-refractivity contribution in [3.8, 4) is 28.1 Å². The van der Waals surface area contributed by atoms with Gasteiger partial charge in [-0.2, -0.15) is 5.10 Å². The van der Waals surface area contributed by atoms with Crippen LogP contribution in [0.3, 0.4) is 0 Å². The summed E-state index contributed by atoms with van der Waals surface area (Å²) < 4.78 is 7.66. The SMILES string of the molecule is COc1cccc(-c2nc3c(-c4ccc(Cl)cc4)cnn3c3c2CCCCCCCCCC3)c1. The minimum absolute atomic E-state index is 0.731. The lowest BCUT2D eigenvalue weighted by Crippen LogP contribution is -2.10. The maximum atomic E-state index is 6.16. The molecule has 0 saturated carbocycles. The van der Waals surface area contributed by atoms with Gasteiger partial charge < -0.3 is 4.74 Å². The molecule has 4 nitrogen and oxygen atoms in total. The Bertz CT molecular complexity index is 1260. The van der Waals surface area contributed by atoms with Gasteiger partial charge in [-0.05, 0) is 55.5 Å². The summed E-state index contributed by atoms with van der Waals surface area (Å²) in [6.45, 7) is 0. The molecule has 0 saturated heterocycles. The minimum Gasteiger partial charge on any atom is -0.497 e. The van der Waals surface area contributed by atoms with E-state index in [1.807, 2.05) is 36.5 Å². The number of nitrogens with zero attached hydrogens (tertiary/aromatic N) is 3. The average molecular weight is 474 g/mol. The van der Waals surface area contributed by atoms with Gasteiger partial charge in [0, 0.05) is 27.4 Å². The fourth-order valence-electron chi connectivity index (χ4n) is 5.10. The highest BCUT2D eigenvalue weighted by atomic mass is 35.5. The molecule has 34 heavy (non-hydrogen) atoms. The number of rotatable bonds is 3. The zero-order valence-corrected chi connectivity index (χ0v) is 20.7. The van der Waals surface area contributed by atoms with E-state index < -0.39 is 0 Å².